The summed E-state index contributed by atoms with van der Waals surface area (Å²) < 4.78 is 0. The lowest BCUT2D eigenvalue weighted by Crippen LogP contribution is -2.33. The third-order valence-corrected chi connectivity index (χ3v) is 3.83. The van der Waals surface area contributed by atoms with Crippen LogP contribution in [0.25, 0.3) is 0 Å². The smallest absolute Gasteiger partial charge is 0.173 e. The molecule has 0 aliphatic rings. The Kier molecular flexibility index (Phi) is 5.69. The standard InChI is InChI=1S/C17H21N3S/c1-3-14-8-4-5-10-16(14)19-17(21)20(2)13-11-15-9-6-7-12-18-15/h4-10,12H,3,11,13H2,1-2H3,(H,19,21). The monoisotopic (exact) mass is 299 g/mol. The molecule has 1 N–H and O–H groups in total. The van der Waals surface area contributed by atoms with Crippen molar-refractivity contribution in [3.63, 3.8) is 0 Å². The van der Waals surface area contributed by atoms with E-state index < -0.39 is 0 Å². The van der Waals surface area contributed by atoms with Crippen molar-refractivity contribution in [2.75, 3.05) is 18.9 Å². The van der Waals surface area contributed by atoms with Gasteiger partial charge in [-0.25, -0.2) is 0 Å². The molecule has 0 amide bonds. The van der Waals surface area contributed by atoms with Gasteiger partial charge in [0.25, 0.3) is 0 Å². The second kappa shape index (κ2) is 7.74. The number of para-hydroxylation sites is 1. The van der Waals surface area contributed by atoms with E-state index in [-0.39, 0.29) is 0 Å². The van der Waals surface area contributed by atoms with Crippen molar-refractivity contribution in [1.82, 2.24) is 9.88 Å². The van der Waals surface area contributed by atoms with Gasteiger partial charge in [0.05, 0.1) is 0 Å². The molecule has 0 saturated heterocycles. The SMILES string of the molecule is CCc1ccccc1NC(=S)N(C)CCc1ccccn1. The molecule has 0 saturated carbocycles. The highest BCUT2D eigenvalue weighted by Crippen LogP contribution is 2.15. The largest absolute Gasteiger partial charge is 0.352 e. The summed E-state index contributed by atoms with van der Waals surface area (Å²) in [5.74, 6) is 0. The van der Waals surface area contributed by atoms with Gasteiger partial charge in [-0.05, 0) is 42.4 Å². The van der Waals surface area contributed by atoms with E-state index in [0.717, 1.165) is 35.9 Å². The molecule has 0 radical (unpaired) electrons. The van der Waals surface area contributed by atoms with Gasteiger partial charge in [0.1, 0.15) is 0 Å². The topological polar surface area (TPSA) is 28.2 Å². The summed E-state index contributed by atoms with van der Waals surface area (Å²) in [6, 6.07) is 14.3. The predicted octanol–water partition coefficient (Wildman–Crippen LogP) is 3.52. The fourth-order valence-corrected chi connectivity index (χ4v) is 2.29. The summed E-state index contributed by atoms with van der Waals surface area (Å²) in [6.45, 7) is 2.99. The molecule has 0 bridgehead atoms. The Morgan fingerprint density at radius 1 is 1.19 bits per heavy atom. The summed E-state index contributed by atoms with van der Waals surface area (Å²) in [5, 5.41) is 4.08. The van der Waals surface area contributed by atoms with Gasteiger partial charge in [0.15, 0.2) is 5.11 Å². The van der Waals surface area contributed by atoms with E-state index in [1.165, 1.54) is 5.56 Å². The van der Waals surface area contributed by atoms with Gasteiger partial charge in [0.2, 0.25) is 0 Å². The molecule has 0 spiro atoms. The quantitative estimate of drug-likeness (QED) is 0.855. The summed E-state index contributed by atoms with van der Waals surface area (Å²) in [7, 11) is 2.01. The number of likely N-dealkylation sites (N-methyl/N-ethyl adjacent to an activating group) is 1. The number of nitrogens with zero attached hydrogens (tertiary/aromatic N) is 2. The molecule has 21 heavy (non-hydrogen) atoms. The number of aryl methyl sites for hydroxylation is 1. The van der Waals surface area contributed by atoms with Crippen LogP contribution in [0.15, 0.2) is 48.7 Å². The second-order valence-electron chi connectivity index (χ2n) is 4.93. The molecular formula is C17H21N3S. The van der Waals surface area contributed by atoms with Gasteiger partial charge < -0.3 is 10.2 Å². The lowest BCUT2D eigenvalue weighted by atomic mass is 10.1. The lowest BCUT2D eigenvalue weighted by Gasteiger charge is -2.22. The van der Waals surface area contributed by atoms with Crippen molar-refractivity contribution < 1.29 is 0 Å². The Morgan fingerprint density at radius 3 is 2.67 bits per heavy atom. The van der Waals surface area contributed by atoms with Crippen LogP contribution in [-0.2, 0) is 12.8 Å². The molecular weight excluding hydrogens is 278 g/mol. The maximum absolute atomic E-state index is 5.48. The average molecular weight is 299 g/mol. The summed E-state index contributed by atoms with van der Waals surface area (Å²) in [6.07, 6.45) is 3.70. The fraction of sp³-hybridized carbons (Fsp3) is 0.294. The first-order valence-corrected chi connectivity index (χ1v) is 7.61. The number of aromatic nitrogens is 1. The number of thiocarbonyl (C=S) groups is 1. The zero-order valence-electron chi connectivity index (χ0n) is 12.5. The van der Waals surface area contributed by atoms with Gasteiger partial charge in [-0.2, -0.15) is 0 Å². The Bertz CT molecular complexity index is 584. The van der Waals surface area contributed by atoms with Gasteiger partial charge in [-0.15, -0.1) is 0 Å². The van der Waals surface area contributed by atoms with Crippen molar-refractivity contribution in [2.24, 2.45) is 0 Å². The maximum atomic E-state index is 5.48. The van der Waals surface area contributed by atoms with E-state index in [2.05, 4.69) is 40.3 Å². The summed E-state index contributed by atoms with van der Waals surface area (Å²) in [5.41, 5.74) is 3.45. The number of hydrogen-bond donors (Lipinski definition) is 1. The fourth-order valence-electron chi connectivity index (χ4n) is 2.09. The van der Waals surface area contributed by atoms with Crippen LogP contribution >= 0.6 is 12.2 Å². The summed E-state index contributed by atoms with van der Waals surface area (Å²) >= 11 is 5.48. The average Bonchev–Trinajstić information content (AvgIpc) is 2.54. The van der Waals surface area contributed by atoms with Crippen molar-refractivity contribution in [3.05, 3.63) is 59.9 Å². The zero-order chi connectivity index (χ0) is 15.1. The van der Waals surface area contributed by atoms with Gasteiger partial charge in [-0.1, -0.05) is 31.2 Å². The van der Waals surface area contributed by atoms with E-state index in [0.29, 0.717) is 0 Å². The third-order valence-electron chi connectivity index (χ3n) is 3.42. The Hall–Kier alpha value is -1.94. The number of nitrogens with one attached hydrogen (secondary N) is 1. The van der Waals surface area contributed by atoms with E-state index in [1.807, 2.05) is 37.5 Å². The van der Waals surface area contributed by atoms with Gasteiger partial charge in [0, 0.05) is 37.6 Å². The minimum absolute atomic E-state index is 0.742. The van der Waals surface area contributed by atoms with Crippen LogP contribution in [0, 0.1) is 0 Å². The first-order chi connectivity index (χ1) is 10.2. The van der Waals surface area contributed by atoms with Crippen molar-refractivity contribution in [1.29, 1.82) is 0 Å². The minimum atomic E-state index is 0.742. The Labute approximate surface area is 132 Å². The van der Waals surface area contributed by atoms with Crippen LogP contribution in [0.5, 0.6) is 0 Å². The number of benzene rings is 1. The molecule has 2 aromatic rings. The molecule has 0 aliphatic carbocycles. The molecule has 1 aromatic heterocycles. The number of pyridine rings is 1. The predicted molar refractivity (Wildman–Crippen MR) is 92.6 cm³/mol. The Balaban J connectivity index is 1.90. The van der Waals surface area contributed by atoms with Crippen molar-refractivity contribution in [3.8, 4) is 0 Å². The van der Waals surface area contributed by atoms with E-state index >= 15 is 0 Å². The van der Waals surface area contributed by atoms with Crippen LogP contribution in [0.1, 0.15) is 18.2 Å². The normalized spacial score (nSPS) is 10.2. The van der Waals surface area contributed by atoms with Crippen molar-refractivity contribution in [2.45, 2.75) is 19.8 Å². The van der Waals surface area contributed by atoms with Gasteiger partial charge in [-0.3, -0.25) is 4.98 Å². The van der Waals surface area contributed by atoms with E-state index in [9.17, 15) is 0 Å². The molecule has 2 rings (SSSR count). The first kappa shape index (κ1) is 15.4. The molecule has 4 heteroatoms. The van der Waals surface area contributed by atoms with Gasteiger partial charge >= 0.3 is 0 Å². The molecule has 0 fully saturated rings. The van der Waals surface area contributed by atoms with Crippen LogP contribution in [0.2, 0.25) is 0 Å². The van der Waals surface area contributed by atoms with Crippen LogP contribution in [-0.4, -0.2) is 28.6 Å². The second-order valence-corrected chi connectivity index (χ2v) is 5.32. The maximum Gasteiger partial charge on any atom is 0.173 e. The minimum Gasteiger partial charge on any atom is -0.352 e. The molecule has 0 atom stereocenters. The third kappa shape index (κ3) is 4.53. The number of anilines is 1. The Morgan fingerprint density at radius 2 is 1.95 bits per heavy atom. The molecule has 110 valence electrons. The molecule has 0 aliphatic heterocycles. The lowest BCUT2D eigenvalue weighted by molar-refractivity contribution is 0.512. The molecule has 1 aromatic carbocycles. The molecule has 1 heterocycles. The molecule has 3 nitrogen and oxygen atoms in total. The highest BCUT2D eigenvalue weighted by molar-refractivity contribution is 7.80. The van der Waals surface area contributed by atoms with E-state index in [4.69, 9.17) is 12.2 Å². The molecule has 0 unspecified atom stereocenters. The van der Waals surface area contributed by atoms with Crippen LogP contribution in [0.3, 0.4) is 0 Å². The van der Waals surface area contributed by atoms with Crippen molar-refractivity contribution >= 4 is 23.0 Å². The number of rotatable bonds is 5. The van der Waals surface area contributed by atoms with E-state index in [1.54, 1.807) is 0 Å². The number of hydrogen-bond acceptors (Lipinski definition) is 2. The highest BCUT2D eigenvalue weighted by atomic mass is 32.1. The van der Waals surface area contributed by atoms with Crippen LogP contribution in [0.4, 0.5) is 5.69 Å². The van der Waals surface area contributed by atoms with Crippen LogP contribution < -0.4 is 5.32 Å². The highest BCUT2D eigenvalue weighted by Gasteiger charge is 2.07. The first-order valence-electron chi connectivity index (χ1n) is 7.20. The summed E-state index contributed by atoms with van der Waals surface area (Å²) in [4.78, 5) is 6.38. The zero-order valence-corrected chi connectivity index (χ0v) is 13.4.